The van der Waals surface area contributed by atoms with Gasteiger partial charge in [-0.2, -0.15) is 0 Å². The minimum absolute atomic E-state index is 0.103. The van der Waals surface area contributed by atoms with E-state index in [9.17, 15) is 12.8 Å². The fourth-order valence-corrected chi connectivity index (χ4v) is 2.35. The molecule has 4 nitrogen and oxygen atoms in total. The summed E-state index contributed by atoms with van der Waals surface area (Å²) in [5.41, 5.74) is 2.50. The molecule has 0 radical (unpaired) electrons. The molecule has 2 aromatic carbocycles. The summed E-state index contributed by atoms with van der Waals surface area (Å²) in [6.07, 6.45) is 1.12. The van der Waals surface area contributed by atoms with Gasteiger partial charge in [0, 0.05) is 18.8 Å². The van der Waals surface area contributed by atoms with Crippen molar-refractivity contribution in [3.8, 4) is 0 Å². The van der Waals surface area contributed by atoms with Gasteiger partial charge in [0.25, 0.3) is 0 Å². The van der Waals surface area contributed by atoms with Crippen molar-refractivity contribution in [1.29, 1.82) is 0 Å². The first kappa shape index (κ1) is 16.7. The van der Waals surface area contributed by atoms with Gasteiger partial charge < -0.3 is 5.32 Å². The Balaban J connectivity index is 1.92. The molecule has 0 amide bonds. The smallest absolute Gasteiger partial charge is 0.209 e. The van der Waals surface area contributed by atoms with Crippen LogP contribution in [0.5, 0.6) is 0 Å². The maximum Gasteiger partial charge on any atom is 0.209 e. The Bertz CT molecular complexity index is 749. The number of benzene rings is 2. The van der Waals surface area contributed by atoms with Crippen LogP contribution in [0.1, 0.15) is 11.1 Å². The minimum atomic E-state index is -3.20. The molecule has 0 saturated carbocycles. The molecular weight excluding hydrogens is 327 g/mol. The number of halogens is 2. The standard InChI is InChI=1S/C15H16ClFN2O2S/c1-22(20,21)19-10-11-2-5-13(6-3-11)18-9-12-4-7-14(16)15(17)8-12/h2-8,18-19H,9-10H2,1H3. The van der Waals surface area contributed by atoms with Gasteiger partial charge in [-0.1, -0.05) is 29.8 Å². The summed E-state index contributed by atoms with van der Waals surface area (Å²) in [6.45, 7) is 0.719. The van der Waals surface area contributed by atoms with Gasteiger partial charge in [0.2, 0.25) is 10.0 Å². The van der Waals surface area contributed by atoms with Crippen LogP contribution in [0.3, 0.4) is 0 Å². The Kier molecular flexibility index (Phi) is 5.39. The summed E-state index contributed by atoms with van der Waals surface area (Å²) in [5.74, 6) is -0.442. The van der Waals surface area contributed by atoms with E-state index < -0.39 is 15.8 Å². The molecule has 118 valence electrons. The van der Waals surface area contributed by atoms with E-state index in [0.717, 1.165) is 23.1 Å². The predicted molar refractivity (Wildman–Crippen MR) is 86.9 cm³/mol. The highest BCUT2D eigenvalue weighted by molar-refractivity contribution is 7.88. The highest BCUT2D eigenvalue weighted by atomic mass is 35.5. The quantitative estimate of drug-likeness (QED) is 0.848. The van der Waals surface area contributed by atoms with Crippen LogP contribution >= 0.6 is 11.6 Å². The van der Waals surface area contributed by atoms with Crippen LogP contribution in [0.15, 0.2) is 42.5 Å². The molecule has 0 saturated heterocycles. The van der Waals surface area contributed by atoms with Gasteiger partial charge in [0.15, 0.2) is 0 Å². The second-order valence-electron chi connectivity index (χ2n) is 4.89. The van der Waals surface area contributed by atoms with Crippen LogP contribution in [-0.4, -0.2) is 14.7 Å². The second kappa shape index (κ2) is 7.09. The molecule has 2 N–H and O–H groups in total. The number of anilines is 1. The van der Waals surface area contributed by atoms with Gasteiger partial charge in [-0.25, -0.2) is 17.5 Å². The van der Waals surface area contributed by atoms with Crippen LogP contribution in [0.4, 0.5) is 10.1 Å². The summed E-state index contributed by atoms with van der Waals surface area (Å²) in [7, 11) is -3.20. The van der Waals surface area contributed by atoms with E-state index >= 15 is 0 Å². The first-order valence-corrected chi connectivity index (χ1v) is 8.82. The van der Waals surface area contributed by atoms with Gasteiger partial charge in [-0.15, -0.1) is 0 Å². The van der Waals surface area contributed by atoms with Crippen molar-refractivity contribution in [2.24, 2.45) is 0 Å². The largest absolute Gasteiger partial charge is 0.381 e. The van der Waals surface area contributed by atoms with E-state index in [0.29, 0.717) is 6.54 Å². The molecule has 0 aliphatic heterocycles. The number of hydrogen-bond acceptors (Lipinski definition) is 3. The number of sulfonamides is 1. The molecule has 0 fully saturated rings. The van der Waals surface area contributed by atoms with Gasteiger partial charge >= 0.3 is 0 Å². The SMILES string of the molecule is CS(=O)(=O)NCc1ccc(NCc2ccc(Cl)c(F)c2)cc1. The van der Waals surface area contributed by atoms with Crippen LogP contribution < -0.4 is 10.0 Å². The van der Waals surface area contributed by atoms with Crippen LogP contribution in [0, 0.1) is 5.82 Å². The van der Waals surface area contributed by atoms with E-state index in [2.05, 4.69) is 10.0 Å². The Morgan fingerprint density at radius 3 is 2.27 bits per heavy atom. The molecule has 0 aliphatic carbocycles. The van der Waals surface area contributed by atoms with Crippen LogP contribution in [0.2, 0.25) is 5.02 Å². The first-order valence-electron chi connectivity index (χ1n) is 6.55. The summed E-state index contributed by atoms with van der Waals surface area (Å²) in [4.78, 5) is 0. The number of hydrogen-bond donors (Lipinski definition) is 2. The number of rotatable bonds is 6. The molecule has 0 unspecified atom stereocenters. The highest BCUT2D eigenvalue weighted by Gasteiger charge is 2.03. The van der Waals surface area contributed by atoms with Crippen molar-refractivity contribution >= 4 is 27.3 Å². The van der Waals surface area contributed by atoms with Crippen LogP contribution in [0.25, 0.3) is 0 Å². The lowest BCUT2D eigenvalue weighted by Gasteiger charge is -2.08. The van der Waals surface area contributed by atoms with Gasteiger partial charge in [0.1, 0.15) is 5.82 Å². The number of nitrogens with one attached hydrogen (secondary N) is 2. The van der Waals surface area contributed by atoms with Gasteiger partial charge in [0.05, 0.1) is 11.3 Å². The first-order chi connectivity index (χ1) is 10.3. The Labute approximate surface area is 134 Å². The molecule has 2 rings (SSSR count). The molecule has 0 aliphatic rings. The minimum Gasteiger partial charge on any atom is -0.381 e. The third kappa shape index (κ3) is 5.29. The third-order valence-electron chi connectivity index (χ3n) is 2.97. The molecule has 7 heteroatoms. The zero-order chi connectivity index (χ0) is 16.2. The highest BCUT2D eigenvalue weighted by Crippen LogP contribution is 2.17. The van der Waals surface area contributed by atoms with Crippen molar-refractivity contribution in [3.63, 3.8) is 0 Å². The average molecular weight is 343 g/mol. The maximum absolute atomic E-state index is 13.3. The van der Waals surface area contributed by atoms with Crippen molar-refractivity contribution < 1.29 is 12.8 Å². The fourth-order valence-electron chi connectivity index (χ4n) is 1.81. The van der Waals surface area contributed by atoms with Gasteiger partial charge in [-0.05, 0) is 35.4 Å². The van der Waals surface area contributed by atoms with Crippen molar-refractivity contribution in [2.45, 2.75) is 13.1 Å². The summed E-state index contributed by atoms with van der Waals surface area (Å²) in [6, 6.07) is 12.0. The van der Waals surface area contributed by atoms with Gasteiger partial charge in [-0.3, -0.25) is 0 Å². The molecule has 22 heavy (non-hydrogen) atoms. The molecule has 0 aromatic heterocycles. The molecule has 0 heterocycles. The summed E-state index contributed by atoms with van der Waals surface area (Å²) >= 11 is 5.63. The Hall–Kier alpha value is -1.63. The predicted octanol–water partition coefficient (Wildman–Crippen LogP) is 3.14. The topological polar surface area (TPSA) is 58.2 Å². The molecular formula is C15H16ClFN2O2S. The zero-order valence-corrected chi connectivity index (χ0v) is 13.5. The Morgan fingerprint density at radius 2 is 1.68 bits per heavy atom. The molecule has 2 aromatic rings. The van der Waals surface area contributed by atoms with Crippen molar-refractivity contribution in [2.75, 3.05) is 11.6 Å². The molecule has 0 atom stereocenters. The second-order valence-corrected chi connectivity index (χ2v) is 7.13. The third-order valence-corrected chi connectivity index (χ3v) is 3.95. The molecule has 0 bridgehead atoms. The zero-order valence-electron chi connectivity index (χ0n) is 11.9. The van der Waals surface area contributed by atoms with E-state index in [-0.39, 0.29) is 11.6 Å². The summed E-state index contributed by atoms with van der Waals surface area (Å²) < 4.78 is 37.8. The maximum atomic E-state index is 13.3. The van der Waals surface area contributed by atoms with Crippen molar-refractivity contribution in [3.05, 3.63) is 64.4 Å². The summed E-state index contributed by atoms with van der Waals surface area (Å²) in [5, 5.41) is 3.26. The van der Waals surface area contributed by atoms with E-state index in [4.69, 9.17) is 11.6 Å². The van der Waals surface area contributed by atoms with E-state index in [1.165, 1.54) is 12.1 Å². The fraction of sp³-hybridized carbons (Fsp3) is 0.200. The monoisotopic (exact) mass is 342 g/mol. The van der Waals surface area contributed by atoms with E-state index in [1.54, 1.807) is 6.07 Å². The lowest BCUT2D eigenvalue weighted by molar-refractivity contribution is 0.587. The normalized spacial score (nSPS) is 11.4. The van der Waals surface area contributed by atoms with E-state index in [1.807, 2.05) is 24.3 Å². The lowest BCUT2D eigenvalue weighted by atomic mass is 10.2. The molecule has 0 spiro atoms. The van der Waals surface area contributed by atoms with Crippen molar-refractivity contribution in [1.82, 2.24) is 4.72 Å². The Morgan fingerprint density at radius 1 is 1.05 bits per heavy atom. The van der Waals surface area contributed by atoms with Crippen LogP contribution in [-0.2, 0) is 23.1 Å². The lowest BCUT2D eigenvalue weighted by Crippen LogP contribution is -2.21. The average Bonchev–Trinajstić information content (AvgIpc) is 2.47.